The molecule has 134 valence electrons. The van der Waals surface area contributed by atoms with Crippen molar-refractivity contribution in [3.05, 3.63) is 42.5 Å². The Labute approximate surface area is 148 Å². The topological polar surface area (TPSA) is 51.8 Å². The molecule has 1 aromatic rings. The molecule has 0 aliphatic rings. The molecule has 0 saturated heterocycles. The molecule has 0 aromatic heterocycles. The number of rotatable bonds is 10. The van der Waals surface area contributed by atoms with E-state index in [-0.39, 0.29) is 12.4 Å². The summed E-state index contributed by atoms with van der Waals surface area (Å²) in [7, 11) is 2.43. The highest BCUT2D eigenvalue weighted by molar-refractivity contribution is 6.60. The maximum Gasteiger partial charge on any atom is 0.514 e. The van der Waals surface area contributed by atoms with E-state index < -0.39 is 8.80 Å². The van der Waals surface area contributed by atoms with Crippen LogP contribution in [0.1, 0.15) is 12.5 Å². The molecule has 1 aromatic carbocycles. The van der Waals surface area contributed by atoms with Crippen molar-refractivity contribution in [1.29, 1.82) is 0 Å². The van der Waals surface area contributed by atoms with Crippen molar-refractivity contribution in [2.75, 3.05) is 47.1 Å². The average molecular weight is 363 g/mol. The predicted molar refractivity (Wildman–Crippen MR) is 102 cm³/mol. The summed E-state index contributed by atoms with van der Waals surface area (Å²) in [4.78, 5) is 0. The van der Waals surface area contributed by atoms with E-state index in [1.165, 1.54) is 5.56 Å². The summed E-state index contributed by atoms with van der Waals surface area (Å²) < 4.78 is 15.8. The lowest BCUT2D eigenvalue weighted by Gasteiger charge is -2.24. The SMILES string of the molecule is C=Cc1ccccc1.CCNCCNC[Si](OC)(OC)OC.Cl. The molecule has 2 N–H and O–H groups in total. The fourth-order valence-electron chi connectivity index (χ4n) is 1.65. The van der Waals surface area contributed by atoms with E-state index in [4.69, 9.17) is 13.3 Å². The van der Waals surface area contributed by atoms with Crippen molar-refractivity contribution >= 4 is 27.3 Å². The lowest BCUT2D eigenvalue weighted by molar-refractivity contribution is 0.122. The van der Waals surface area contributed by atoms with Gasteiger partial charge in [-0.1, -0.05) is 49.9 Å². The number of benzene rings is 1. The standard InChI is InChI=1S/C8H22N2O3Si.C8H8.ClH/c1-5-9-6-7-10-8-14(11-2,12-3)13-4;1-2-8-6-4-3-5-7-8;/h9-10H,5-8H2,1-4H3;2-7H,1H2;1H. The van der Waals surface area contributed by atoms with E-state index in [2.05, 4.69) is 24.1 Å². The number of halogens is 1. The largest absolute Gasteiger partial charge is 0.514 e. The van der Waals surface area contributed by atoms with Crippen molar-refractivity contribution < 1.29 is 13.3 Å². The van der Waals surface area contributed by atoms with Crippen molar-refractivity contribution in [1.82, 2.24) is 10.6 Å². The van der Waals surface area contributed by atoms with E-state index >= 15 is 0 Å². The highest BCUT2D eigenvalue weighted by Crippen LogP contribution is 2.03. The van der Waals surface area contributed by atoms with E-state index in [0.717, 1.165) is 19.6 Å². The third-order valence-corrected chi connectivity index (χ3v) is 5.59. The zero-order valence-electron chi connectivity index (χ0n) is 14.6. The molecule has 1 rings (SSSR count). The van der Waals surface area contributed by atoms with Crippen LogP contribution in [-0.2, 0) is 13.3 Å². The molecule has 0 amide bonds. The normalized spacial score (nSPS) is 10.3. The zero-order valence-corrected chi connectivity index (χ0v) is 16.4. The Kier molecular flexibility index (Phi) is 17.2. The van der Waals surface area contributed by atoms with Crippen LogP contribution in [0.4, 0.5) is 0 Å². The first kappa shape index (κ1) is 24.5. The van der Waals surface area contributed by atoms with Crippen molar-refractivity contribution in [2.24, 2.45) is 0 Å². The molecule has 0 saturated carbocycles. The highest BCUT2D eigenvalue weighted by Gasteiger charge is 2.37. The lowest BCUT2D eigenvalue weighted by atomic mass is 10.2. The predicted octanol–water partition coefficient (Wildman–Crippen LogP) is 2.35. The molecule has 0 aliphatic carbocycles. The molecule has 0 aliphatic heterocycles. The molecule has 0 fully saturated rings. The molecule has 0 atom stereocenters. The quantitative estimate of drug-likeness (QED) is 0.494. The molecule has 0 spiro atoms. The maximum atomic E-state index is 5.25. The van der Waals surface area contributed by atoms with Gasteiger partial charge in [0.15, 0.2) is 0 Å². The fraction of sp³-hybridized carbons (Fsp3) is 0.500. The summed E-state index contributed by atoms with van der Waals surface area (Å²) in [6.07, 6.45) is 2.47. The third kappa shape index (κ3) is 11.4. The van der Waals surface area contributed by atoms with Crippen molar-refractivity contribution in [3.8, 4) is 0 Å². The summed E-state index contributed by atoms with van der Waals surface area (Å²) in [6.45, 7) is 8.53. The Morgan fingerprint density at radius 2 is 1.52 bits per heavy atom. The van der Waals surface area contributed by atoms with Gasteiger partial charge in [-0.25, -0.2) is 0 Å². The van der Waals surface area contributed by atoms with Crippen LogP contribution in [0.25, 0.3) is 6.08 Å². The number of nitrogens with one attached hydrogen (secondary N) is 2. The second-order valence-electron chi connectivity index (χ2n) is 4.44. The van der Waals surface area contributed by atoms with Gasteiger partial charge in [-0.2, -0.15) is 0 Å². The summed E-state index contributed by atoms with van der Waals surface area (Å²) in [5.74, 6) is 0. The Hall–Kier alpha value is -0.733. The van der Waals surface area contributed by atoms with Gasteiger partial charge in [0, 0.05) is 34.4 Å². The van der Waals surface area contributed by atoms with Crippen LogP contribution in [0.3, 0.4) is 0 Å². The zero-order chi connectivity index (χ0) is 16.7. The molecule has 0 unspecified atom stereocenters. The molecule has 0 bridgehead atoms. The Bertz CT molecular complexity index is 371. The van der Waals surface area contributed by atoms with Gasteiger partial charge in [-0.05, 0) is 12.1 Å². The number of hydrogen-bond donors (Lipinski definition) is 2. The monoisotopic (exact) mass is 362 g/mol. The first-order chi connectivity index (χ1) is 10.7. The molecular formula is C16H31ClN2O3Si. The van der Waals surface area contributed by atoms with Gasteiger partial charge < -0.3 is 23.9 Å². The van der Waals surface area contributed by atoms with Crippen LogP contribution < -0.4 is 10.6 Å². The molecule has 7 heteroatoms. The minimum absolute atomic E-state index is 0. The Balaban J connectivity index is 0. The minimum Gasteiger partial charge on any atom is -0.376 e. The first-order valence-electron chi connectivity index (χ1n) is 7.42. The van der Waals surface area contributed by atoms with E-state index in [1.807, 2.05) is 36.4 Å². The number of hydrogen-bond acceptors (Lipinski definition) is 5. The van der Waals surface area contributed by atoms with Crippen LogP contribution in [-0.4, -0.2) is 55.9 Å². The van der Waals surface area contributed by atoms with Crippen molar-refractivity contribution in [2.45, 2.75) is 6.92 Å². The fourth-order valence-corrected chi connectivity index (χ4v) is 3.07. The lowest BCUT2D eigenvalue weighted by Crippen LogP contribution is -2.52. The second kappa shape index (κ2) is 16.1. The summed E-state index contributed by atoms with van der Waals surface area (Å²) in [5, 5.41) is 6.46. The van der Waals surface area contributed by atoms with Gasteiger partial charge in [0.2, 0.25) is 0 Å². The van der Waals surface area contributed by atoms with Gasteiger partial charge in [0.05, 0.1) is 6.17 Å². The smallest absolute Gasteiger partial charge is 0.376 e. The molecule has 23 heavy (non-hydrogen) atoms. The van der Waals surface area contributed by atoms with Crippen molar-refractivity contribution in [3.63, 3.8) is 0 Å². The Morgan fingerprint density at radius 3 is 1.91 bits per heavy atom. The second-order valence-corrected chi connectivity index (χ2v) is 7.38. The highest BCUT2D eigenvalue weighted by atomic mass is 35.5. The number of likely N-dealkylation sites (N-methyl/N-ethyl adjacent to an activating group) is 1. The van der Waals surface area contributed by atoms with Crippen LogP contribution in [0.2, 0.25) is 0 Å². The summed E-state index contributed by atoms with van der Waals surface area (Å²) in [5.41, 5.74) is 1.17. The van der Waals surface area contributed by atoms with Gasteiger partial charge in [-0.15, -0.1) is 12.4 Å². The summed E-state index contributed by atoms with van der Waals surface area (Å²) in [6, 6.07) is 10.0. The Morgan fingerprint density at radius 1 is 1.00 bits per heavy atom. The maximum absolute atomic E-state index is 5.25. The molecule has 0 radical (unpaired) electrons. The minimum atomic E-state index is -2.42. The van der Waals surface area contributed by atoms with E-state index in [9.17, 15) is 0 Å². The van der Waals surface area contributed by atoms with E-state index in [0.29, 0.717) is 6.17 Å². The van der Waals surface area contributed by atoms with E-state index in [1.54, 1.807) is 21.3 Å². The first-order valence-corrected chi connectivity index (χ1v) is 9.35. The van der Waals surface area contributed by atoms with Gasteiger partial charge in [-0.3, -0.25) is 0 Å². The van der Waals surface area contributed by atoms with Crippen LogP contribution >= 0.6 is 12.4 Å². The van der Waals surface area contributed by atoms with Crippen LogP contribution in [0.5, 0.6) is 0 Å². The average Bonchev–Trinajstić information content (AvgIpc) is 2.60. The third-order valence-electron chi connectivity index (χ3n) is 3.04. The van der Waals surface area contributed by atoms with Gasteiger partial charge in [0.25, 0.3) is 0 Å². The van der Waals surface area contributed by atoms with Gasteiger partial charge >= 0.3 is 8.80 Å². The van der Waals surface area contributed by atoms with Gasteiger partial charge in [0.1, 0.15) is 0 Å². The molecular weight excluding hydrogens is 332 g/mol. The molecule has 5 nitrogen and oxygen atoms in total. The van der Waals surface area contributed by atoms with Crippen LogP contribution in [0.15, 0.2) is 36.9 Å². The summed E-state index contributed by atoms with van der Waals surface area (Å²) >= 11 is 0. The molecule has 0 heterocycles. The van der Waals surface area contributed by atoms with Crippen LogP contribution in [0, 0.1) is 0 Å².